The highest BCUT2D eigenvalue weighted by Crippen LogP contribution is 2.37. The van der Waals surface area contributed by atoms with E-state index in [9.17, 15) is 13.9 Å². The topological polar surface area (TPSA) is 29.5 Å². The third-order valence-corrected chi connectivity index (χ3v) is 2.92. The van der Waals surface area contributed by atoms with Gasteiger partial charge in [0.25, 0.3) is 0 Å². The fourth-order valence-electron chi connectivity index (χ4n) is 1.92. The molecule has 82 valence electrons. The van der Waals surface area contributed by atoms with Crippen molar-refractivity contribution < 1.29 is 18.6 Å². The van der Waals surface area contributed by atoms with Crippen LogP contribution in [0.3, 0.4) is 0 Å². The predicted octanol–water partition coefficient (Wildman–Crippen LogP) is 1.96. The molecule has 2 atom stereocenters. The van der Waals surface area contributed by atoms with Crippen molar-refractivity contribution in [2.24, 2.45) is 0 Å². The van der Waals surface area contributed by atoms with Crippen LogP contribution >= 0.6 is 0 Å². The van der Waals surface area contributed by atoms with Crippen LogP contribution in [0.15, 0.2) is 18.2 Å². The van der Waals surface area contributed by atoms with Gasteiger partial charge < -0.3 is 9.84 Å². The number of benzene rings is 1. The smallest absolute Gasteiger partial charge is 0.129 e. The Kier molecular flexibility index (Phi) is 2.48. The van der Waals surface area contributed by atoms with Gasteiger partial charge in [-0.3, -0.25) is 0 Å². The molecule has 2 rings (SSSR count). The maximum atomic E-state index is 13.5. The maximum absolute atomic E-state index is 13.5. The monoisotopic (exact) mass is 214 g/mol. The zero-order chi connectivity index (χ0) is 11.1. The van der Waals surface area contributed by atoms with Crippen molar-refractivity contribution in [3.05, 3.63) is 35.4 Å². The molecule has 0 saturated carbocycles. The average molecular weight is 214 g/mol. The van der Waals surface area contributed by atoms with Gasteiger partial charge in [0.1, 0.15) is 17.2 Å². The summed E-state index contributed by atoms with van der Waals surface area (Å²) in [5.74, 6) is -1.16. The number of rotatable bonds is 1. The van der Waals surface area contributed by atoms with E-state index in [2.05, 4.69) is 0 Å². The first-order chi connectivity index (χ1) is 7.04. The quantitative estimate of drug-likeness (QED) is 0.774. The van der Waals surface area contributed by atoms with Crippen LogP contribution < -0.4 is 0 Å². The van der Waals surface area contributed by atoms with Crippen LogP contribution in [0.1, 0.15) is 18.9 Å². The van der Waals surface area contributed by atoms with Crippen LogP contribution in [0.5, 0.6) is 0 Å². The van der Waals surface area contributed by atoms with Gasteiger partial charge in [-0.2, -0.15) is 0 Å². The molecule has 0 amide bonds. The second-order valence-electron chi connectivity index (χ2n) is 3.81. The summed E-state index contributed by atoms with van der Waals surface area (Å²) in [6.45, 7) is 2.00. The zero-order valence-electron chi connectivity index (χ0n) is 8.34. The van der Waals surface area contributed by atoms with Gasteiger partial charge in [-0.05, 0) is 25.1 Å². The molecule has 0 aliphatic carbocycles. The van der Waals surface area contributed by atoms with Crippen LogP contribution in [-0.4, -0.2) is 17.8 Å². The number of hydrogen-bond acceptors (Lipinski definition) is 2. The molecular formula is C11H12F2O2. The molecule has 1 fully saturated rings. The summed E-state index contributed by atoms with van der Waals surface area (Å²) in [6, 6.07) is 3.08. The van der Waals surface area contributed by atoms with E-state index < -0.39 is 23.3 Å². The van der Waals surface area contributed by atoms with E-state index in [1.54, 1.807) is 6.92 Å². The maximum Gasteiger partial charge on any atom is 0.129 e. The largest absolute Gasteiger partial charge is 0.382 e. The molecule has 0 radical (unpaired) electrons. The van der Waals surface area contributed by atoms with E-state index in [0.717, 1.165) is 18.2 Å². The lowest BCUT2D eigenvalue weighted by atomic mass is 9.87. The molecule has 1 aromatic carbocycles. The van der Waals surface area contributed by atoms with E-state index in [-0.39, 0.29) is 12.0 Å². The van der Waals surface area contributed by atoms with Crippen LogP contribution in [0.4, 0.5) is 8.78 Å². The first kappa shape index (κ1) is 10.5. The summed E-state index contributed by atoms with van der Waals surface area (Å²) in [5.41, 5.74) is -1.43. The van der Waals surface area contributed by atoms with Gasteiger partial charge in [-0.25, -0.2) is 8.78 Å². The number of halogens is 2. The summed E-state index contributed by atoms with van der Waals surface area (Å²) >= 11 is 0. The van der Waals surface area contributed by atoms with E-state index >= 15 is 0 Å². The molecule has 0 bridgehead atoms. The summed E-state index contributed by atoms with van der Waals surface area (Å²) < 4.78 is 31.6. The molecule has 1 saturated heterocycles. The molecule has 1 aliphatic rings. The Balaban J connectivity index is 2.48. The van der Waals surface area contributed by atoms with Crippen molar-refractivity contribution in [3.8, 4) is 0 Å². The second kappa shape index (κ2) is 3.54. The molecule has 1 N–H and O–H groups in total. The van der Waals surface area contributed by atoms with Crippen molar-refractivity contribution >= 4 is 0 Å². The van der Waals surface area contributed by atoms with Gasteiger partial charge >= 0.3 is 0 Å². The van der Waals surface area contributed by atoms with Gasteiger partial charge in [0.05, 0.1) is 12.7 Å². The van der Waals surface area contributed by atoms with E-state index in [1.165, 1.54) is 0 Å². The molecule has 0 aromatic heterocycles. The Labute approximate surface area is 86.5 Å². The van der Waals surface area contributed by atoms with Crippen LogP contribution in [-0.2, 0) is 10.3 Å². The molecule has 4 heteroatoms. The average Bonchev–Trinajstić information content (AvgIpc) is 2.52. The highest BCUT2D eigenvalue weighted by atomic mass is 19.1. The van der Waals surface area contributed by atoms with Gasteiger partial charge in [0.2, 0.25) is 0 Å². The van der Waals surface area contributed by atoms with Gasteiger partial charge in [0.15, 0.2) is 0 Å². The van der Waals surface area contributed by atoms with Crippen LogP contribution in [0.25, 0.3) is 0 Å². The van der Waals surface area contributed by atoms with E-state index in [1.807, 2.05) is 0 Å². The first-order valence-electron chi connectivity index (χ1n) is 4.83. The fraction of sp³-hybridized carbons (Fsp3) is 0.455. The number of ether oxygens (including phenoxy) is 1. The van der Waals surface area contributed by atoms with E-state index in [4.69, 9.17) is 4.74 Å². The highest BCUT2D eigenvalue weighted by molar-refractivity contribution is 5.27. The lowest BCUT2D eigenvalue weighted by molar-refractivity contribution is -0.0341. The van der Waals surface area contributed by atoms with E-state index in [0.29, 0.717) is 6.61 Å². The number of aliphatic hydroxyl groups is 1. The molecular weight excluding hydrogens is 202 g/mol. The number of hydrogen-bond donors (Lipinski definition) is 1. The van der Waals surface area contributed by atoms with Crippen molar-refractivity contribution in [2.75, 3.05) is 6.61 Å². The van der Waals surface area contributed by atoms with Crippen molar-refractivity contribution in [2.45, 2.75) is 25.0 Å². The van der Waals surface area contributed by atoms with Gasteiger partial charge in [-0.1, -0.05) is 0 Å². The van der Waals surface area contributed by atoms with Crippen molar-refractivity contribution in [1.29, 1.82) is 0 Å². The van der Waals surface area contributed by atoms with Gasteiger partial charge in [-0.15, -0.1) is 0 Å². The molecule has 2 unspecified atom stereocenters. The van der Waals surface area contributed by atoms with Gasteiger partial charge in [0, 0.05) is 12.0 Å². The van der Waals surface area contributed by atoms with Crippen LogP contribution in [0.2, 0.25) is 0 Å². The minimum atomic E-state index is -1.41. The fourth-order valence-corrected chi connectivity index (χ4v) is 1.92. The normalized spacial score (nSPS) is 30.8. The van der Waals surface area contributed by atoms with Crippen LogP contribution in [0, 0.1) is 11.6 Å². The predicted molar refractivity (Wildman–Crippen MR) is 50.3 cm³/mol. The molecule has 2 nitrogen and oxygen atoms in total. The Hall–Kier alpha value is -1.00. The molecule has 1 aliphatic heterocycles. The highest BCUT2D eigenvalue weighted by Gasteiger charge is 2.43. The second-order valence-corrected chi connectivity index (χ2v) is 3.81. The Morgan fingerprint density at radius 3 is 2.80 bits per heavy atom. The van der Waals surface area contributed by atoms with Crippen molar-refractivity contribution in [1.82, 2.24) is 0 Å². The summed E-state index contributed by atoms with van der Waals surface area (Å²) in [4.78, 5) is 0. The summed E-state index contributed by atoms with van der Waals surface area (Å²) in [5, 5.41) is 10.2. The molecule has 1 aromatic rings. The zero-order valence-corrected chi connectivity index (χ0v) is 8.34. The summed E-state index contributed by atoms with van der Waals surface area (Å²) in [6.07, 6.45) is -0.233. The Bertz CT molecular complexity index is 381. The third kappa shape index (κ3) is 1.64. The molecule has 1 heterocycles. The minimum Gasteiger partial charge on any atom is -0.382 e. The molecule has 0 spiro atoms. The standard InChI is InChI=1S/C11H12F2O2/c1-7-11(14,4-5-15-7)9-6-8(12)2-3-10(9)13/h2-3,6-7,14H,4-5H2,1H3. The lowest BCUT2D eigenvalue weighted by Crippen LogP contribution is -2.34. The third-order valence-electron chi connectivity index (χ3n) is 2.92. The molecule has 15 heavy (non-hydrogen) atoms. The summed E-state index contributed by atoms with van der Waals surface area (Å²) in [7, 11) is 0. The Morgan fingerprint density at radius 1 is 1.47 bits per heavy atom. The Morgan fingerprint density at radius 2 is 2.20 bits per heavy atom. The SMILES string of the molecule is CC1OCCC1(O)c1cc(F)ccc1F. The van der Waals surface area contributed by atoms with Crippen molar-refractivity contribution in [3.63, 3.8) is 0 Å². The minimum absolute atomic E-state index is 0.0208. The lowest BCUT2D eigenvalue weighted by Gasteiger charge is -2.26. The first-order valence-corrected chi connectivity index (χ1v) is 4.83.